The topological polar surface area (TPSA) is 78.9 Å². The summed E-state index contributed by atoms with van der Waals surface area (Å²) in [4.78, 5) is 25.9. The van der Waals surface area contributed by atoms with Crippen molar-refractivity contribution < 1.29 is 19.4 Å². The van der Waals surface area contributed by atoms with Gasteiger partial charge in [-0.15, -0.1) is 0 Å². The first-order valence-corrected chi connectivity index (χ1v) is 9.99. The Morgan fingerprint density at radius 1 is 1.30 bits per heavy atom. The maximum absolute atomic E-state index is 12.3. The van der Waals surface area contributed by atoms with Crippen LogP contribution in [0.25, 0.3) is 0 Å². The normalized spacial score (nSPS) is 25.0. The molecule has 6 nitrogen and oxygen atoms in total. The first kappa shape index (κ1) is 19.7. The number of amides is 1. The maximum atomic E-state index is 12.3. The summed E-state index contributed by atoms with van der Waals surface area (Å²) in [6, 6.07) is 7.61. The number of nitrogens with one attached hydrogen (secondary N) is 1. The minimum absolute atomic E-state index is 0.0944. The third-order valence-corrected chi connectivity index (χ3v) is 5.73. The van der Waals surface area contributed by atoms with E-state index in [4.69, 9.17) is 4.74 Å². The van der Waals surface area contributed by atoms with Crippen LogP contribution in [0, 0.1) is 12.8 Å². The summed E-state index contributed by atoms with van der Waals surface area (Å²) < 4.78 is 5.68. The van der Waals surface area contributed by atoms with Gasteiger partial charge in [0, 0.05) is 12.6 Å². The van der Waals surface area contributed by atoms with E-state index >= 15 is 0 Å². The van der Waals surface area contributed by atoms with E-state index in [9.17, 15) is 14.7 Å². The molecule has 0 radical (unpaired) electrons. The molecule has 0 aromatic heterocycles. The summed E-state index contributed by atoms with van der Waals surface area (Å²) in [5.74, 6) is 0.369. The molecular weight excluding hydrogens is 344 g/mol. The fourth-order valence-electron chi connectivity index (χ4n) is 4.44. The number of ether oxygens (including phenoxy) is 1. The average molecular weight is 374 g/mol. The number of fused-ring (bicyclic) bond motifs is 1. The van der Waals surface area contributed by atoms with Crippen LogP contribution < -0.4 is 10.1 Å². The Hall–Kier alpha value is -2.08. The lowest BCUT2D eigenvalue weighted by atomic mass is 9.85. The van der Waals surface area contributed by atoms with E-state index in [-0.39, 0.29) is 18.5 Å². The Balaban J connectivity index is 1.40. The Morgan fingerprint density at radius 3 is 2.89 bits per heavy atom. The predicted octanol–water partition coefficient (Wildman–Crippen LogP) is 2.60. The highest BCUT2D eigenvalue weighted by atomic mass is 16.5. The van der Waals surface area contributed by atoms with Crippen LogP contribution in [0.5, 0.6) is 5.75 Å². The number of hydrogen-bond donors (Lipinski definition) is 2. The number of rotatable bonds is 8. The van der Waals surface area contributed by atoms with Crippen LogP contribution >= 0.6 is 0 Å². The van der Waals surface area contributed by atoms with E-state index in [1.54, 1.807) is 0 Å². The van der Waals surface area contributed by atoms with Gasteiger partial charge in [0.2, 0.25) is 5.91 Å². The summed E-state index contributed by atoms with van der Waals surface area (Å²) in [5, 5.41) is 12.4. The molecule has 1 aromatic rings. The van der Waals surface area contributed by atoms with Gasteiger partial charge in [-0.05, 0) is 56.2 Å². The molecule has 0 bridgehead atoms. The fraction of sp³-hybridized carbons (Fsp3) is 0.619. The molecule has 27 heavy (non-hydrogen) atoms. The van der Waals surface area contributed by atoms with Crippen LogP contribution in [0.15, 0.2) is 24.3 Å². The molecule has 1 aliphatic heterocycles. The number of hydrogen-bond acceptors (Lipinski definition) is 4. The molecule has 2 N–H and O–H groups in total. The van der Waals surface area contributed by atoms with Gasteiger partial charge in [-0.2, -0.15) is 0 Å². The van der Waals surface area contributed by atoms with Crippen molar-refractivity contribution in [3.05, 3.63) is 29.8 Å². The van der Waals surface area contributed by atoms with E-state index in [0.717, 1.165) is 30.6 Å². The molecule has 2 fully saturated rings. The number of likely N-dealkylation sites (tertiary alicyclic amines) is 1. The lowest BCUT2D eigenvalue weighted by molar-refractivity contribution is -0.143. The molecule has 1 saturated heterocycles. The highest BCUT2D eigenvalue weighted by Gasteiger charge is 2.45. The quantitative estimate of drug-likeness (QED) is 0.684. The van der Waals surface area contributed by atoms with E-state index in [1.165, 1.54) is 6.42 Å². The Kier molecular flexibility index (Phi) is 6.72. The molecule has 3 rings (SSSR count). The number of benzene rings is 1. The van der Waals surface area contributed by atoms with Gasteiger partial charge >= 0.3 is 5.97 Å². The fourth-order valence-corrected chi connectivity index (χ4v) is 4.44. The number of aliphatic carboxylic acids is 1. The van der Waals surface area contributed by atoms with Crippen LogP contribution in [0.3, 0.4) is 0 Å². The Morgan fingerprint density at radius 2 is 2.11 bits per heavy atom. The van der Waals surface area contributed by atoms with Crippen LogP contribution in [-0.2, 0) is 9.59 Å². The highest BCUT2D eigenvalue weighted by Crippen LogP contribution is 2.39. The van der Waals surface area contributed by atoms with Crippen LogP contribution in [0.4, 0.5) is 0 Å². The second-order valence-corrected chi connectivity index (χ2v) is 7.74. The van der Waals surface area contributed by atoms with Gasteiger partial charge in [0.1, 0.15) is 11.8 Å². The second-order valence-electron chi connectivity index (χ2n) is 7.74. The third kappa shape index (κ3) is 5.22. The van der Waals surface area contributed by atoms with Crippen molar-refractivity contribution in [1.82, 2.24) is 10.2 Å². The van der Waals surface area contributed by atoms with Crippen molar-refractivity contribution in [3.8, 4) is 5.75 Å². The lowest BCUT2D eigenvalue weighted by Gasteiger charge is -2.32. The van der Waals surface area contributed by atoms with Gasteiger partial charge in [-0.3, -0.25) is 14.5 Å². The van der Waals surface area contributed by atoms with Crippen molar-refractivity contribution in [3.63, 3.8) is 0 Å². The zero-order chi connectivity index (χ0) is 19.2. The molecule has 1 amide bonds. The smallest absolute Gasteiger partial charge is 0.320 e. The molecule has 0 spiro atoms. The van der Waals surface area contributed by atoms with Gasteiger partial charge in [0.05, 0.1) is 13.2 Å². The molecule has 148 valence electrons. The maximum Gasteiger partial charge on any atom is 0.320 e. The molecule has 3 unspecified atom stereocenters. The van der Waals surface area contributed by atoms with Gasteiger partial charge in [0.15, 0.2) is 0 Å². The van der Waals surface area contributed by atoms with Crippen LogP contribution in [0.2, 0.25) is 0 Å². The first-order valence-electron chi connectivity index (χ1n) is 9.99. The van der Waals surface area contributed by atoms with Crippen LogP contribution in [0.1, 0.15) is 44.1 Å². The van der Waals surface area contributed by atoms with Crippen molar-refractivity contribution >= 4 is 11.9 Å². The molecular formula is C21H30N2O4. The minimum Gasteiger partial charge on any atom is -0.494 e. The van der Waals surface area contributed by atoms with Crippen molar-refractivity contribution in [2.75, 3.05) is 19.7 Å². The molecule has 1 aliphatic carbocycles. The summed E-state index contributed by atoms with van der Waals surface area (Å²) >= 11 is 0. The highest BCUT2D eigenvalue weighted by molar-refractivity contribution is 5.80. The second kappa shape index (κ2) is 9.22. The Bertz CT molecular complexity index is 663. The number of nitrogens with zero attached hydrogens (tertiary/aromatic N) is 1. The van der Waals surface area contributed by atoms with Gasteiger partial charge in [0.25, 0.3) is 0 Å². The summed E-state index contributed by atoms with van der Waals surface area (Å²) in [5.41, 5.74) is 1.15. The van der Waals surface area contributed by atoms with Gasteiger partial charge in [-0.25, -0.2) is 0 Å². The van der Waals surface area contributed by atoms with E-state index in [0.29, 0.717) is 31.9 Å². The number of carbonyl (C=O) groups excluding carboxylic acids is 1. The number of aryl methyl sites for hydroxylation is 1. The molecule has 2 aliphatic rings. The van der Waals surface area contributed by atoms with E-state index in [2.05, 4.69) is 5.32 Å². The summed E-state index contributed by atoms with van der Waals surface area (Å²) in [6.07, 6.45) is 5.79. The van der Waals surface area contributed by atoms with Gasteiger partial charge < -0.3 is 15.2 Å². The van der Waals surface area contributed by atoms with Crippen molar-refractivity contribution in [2.24, 2.45) is 5.92 Å². The number of carboxylic acids is 1. The number of carboxylic acid groups (broad SMARTS) is 1. The van der Waals surface area contributed by atoms with Gasteiger partial charge in [-0.1, -0.05) is 25.0 Å². The minimum atomic E-state index is -0.802. The summed E-state index contributed by atoms with van der Waals surface area (Å²) in [7, 11) is 0. The monoisotopic (exact) mass is 374 g/mol. The molecule has 1 saturated carbocycles. The number of carbonyl (C=O) groups is 2. The van der Waals surface area contributed by atoms with Crippen molar-refractivity contribution in [2.45, 2.75) is 57.5 Å². The SMILES string of the molecule is Cc1cccc(OCCCNC(=O)CN2C(C(=O)O)CC3CCCCC32)c1. The molecule has 1 aromatic carbocycles. The average Bonchev–Trinajstić information content (AvgIpc) is 3.00. The van der Waals surface area contributed by atoms with E-state index in [1.807, 2.05) is 36.1 Å². The van der Waals surface area contributed by atoms with E-state index < -0.39 is 12.0 Å². The van der Waals surface area contributed by atoms with Crippen molar-refractivity contribution in [1.29, 1.82) is 0 Å². The largest absolute Gasteiger partial charge is 0.494 e. The van der Waals surface area contributed by atoms with Crippen LogP contribution in [-0.4, -0.2) is 53.7 Å². The first-order chi connectivity index (χ1) is 13.0. The zero-order valence-electron chi connectivity index (χ0n) is 16.0. The molecule has 1 heterocycles. The molecule has 6 heteroatoms. The Labute approximate surface area is 160 Å². The molecule has 3 atom stereocenters. The predicted molar refractivity (Wildman–Crippen MR) is 103 cm³/mol. The standard InChI is InChI=1S/C21H30N2O4/c1-15-6-4-8-17(12-15)27-11-5-10-22-20(24)14-23-18-9-3-2-7-16(18)13-19(23)21(25)26/h4,6,8,12,16,18-19H,2-3,5,7,9-11,13-14H2,1H3,(H,22,24)(H,25,26). The third-order valence-electron chi connectivity index (χ3n) is 5.73. The zero-order valence-corrected chi connectivity index (χ0v) is 16.0. The summed E-state index contributed by atoms with van der Waals surface area (Å²) in [6.45, 7) is 3.27. The lowest BCUT2D eigenvalue weighted by Crippen LogP contribution is -2.47.